The average Bonchev–Trinajstić information content (AvgIpc) is 2.95. The van der Waals surface area contributed by atoms with Gasteiger partial charge in [0.1, 0.15) is 0 Å². The fraction of sp³-hybridized carbons (Fsp3) is 0.400. The topological polar surface area (TPSA) is 50.3 Å². The van der Waals surface area contributed by atoms with E-state index in [9.17, 15) is 0 Å². The zero-order valence-electron chi connectivity index (χ0n) is 9.93. The van der Waals surface area contributed by atoms with E-state index in [2.05, 4.69) is 15.3 Å². The molecule has 0 saturated heterocycles. The molecule has 17 heavy (non-hydrogen) atoms. The molecule has 1 N–H and O–H groups in total. The van der Waals surface area contributed by atoms with Crippen molar-refractivity contribution >= 4 is 32.9 Å². The number of ether oxygens (including phenoxy) is 1. The number of methoxy groups -OCH3 is 1. The summed E-state index contributed by atoms with van der Waals surface area (Å²) in [6.45, 7) is 0.683. The molecule has 0 radical (unpaired) electrons. The SMILES string of the molecule is COc1nc(N(C)C)sc1CNc1nccs1. The maximum Gasteiger partial charge on any atom is 0.231 e. The molecule has 2 rings (SSSR count). The van der Waals surface area contributed by atoms with E-state index < -0.39 is 0 Å². The molecule has 7 heteroatoms. The number of aromatic nitrogens is 2. The molecule has 0 saturated carbocycles. The Bertz CT molecular complexity index is 467. The fourth-order valence-corrected chi connectivity index (χ4v) is 2.67. The van der Waals surface area contributed by atoms with Gasteiger partial charge in [-0.05, 0) is 0 Å². The number of nitrogens with zero attached hydrogens (tertiary/aromatic N) is 3. The van der Waals surface area contributed by atoms with Gasteiger partial charge in [0.05, 0.1) is 18.5 Å². The lowest BCUT2D eigenvalue weighted by atomic mass is 10.5. The third-order valence-electron chi connectivity index (χ3n) is 2.06. The number of rotatable bonds is 5. The number of thiazole rings is 2. The lowest BCUT2D eigenvalue weighted by Crippen LogP contribution is -2.07. The maximum absolute atomic E-state index is 5.26. The van der Waals surface area contributed by atoms with Crippen LogP contribution in [0.4, 0.5) is 10.3 Å². The molecular weight excluding hydrogens is 256 g/mol. The molecule has 2 aromatic heterocycles. The minimum atomic E-state index is 0.683. The summed E-state index contributed by atoms with van der Waals surface area (Å²) in [6, 6.07) is 0. The molecule has 0 aliphatic rings. The van der Waals surface area contributed by atoms with Crippen LogP contribution < -0.4 is 15.0 Å². The highest BCUT2D eigenvalue weighted by Gasteiger charge is 2.12. The van der Waals surface area contributed by atoms with Crippen molar-refractivity contribution in [3.63, 3.8) is 0 Å². The van der Waals surface area contributed by atoms with E-state index in [1.54, 1.807) is 36.0 Å². The predicted octanol–water partition coefficient (Wildman–Crippen LogP) is 2.29. The van der Waals surface area contributed by atoms with Crippen LogP contribution in [-0.4, -0.2) is 31.2 Å². The first-order valence-electron chi connectivity index (χ1n) is 5.05. The van der Waals surface area contributed by atoms with E-state index in [1.165, 1.54) is 0 Å². The molecule has 0 bridgehead atoms. The van der Waals surface area contributed by atoms with Crippen molar-refractivity contribution in [3.05, 3.63) is 16.5 Å². The highest BCUT2D eigenvalue weighted by Crippen LogP contribution is 2.31. The Morgan fingerprint density at radius 3 is 2.88 bits per heavy atom. The summed E-state index contributed by atoms with van der Waals surface area (Å²) >= 11 is 3.20. The van der Waals surface area contributed by atoms with Gasteiger partial charge in [0, 0.05) is 25.7 Å². The highest BCUT2D eigenvalue weighted by atomic mass is 32.1. The van der Waals surface area contributed by atoms with Crippen LogP contribution in [0.15, 0.2) is 11.6 Å². The predicted molar refractivity (Wildman–Crippen MR) is 72.4 cm³/mol. The first-order valence-corrected chi connectivity index (χ1v) is 6.74. The minimum absolute atomic E-state index is 0.683. The largest absolute Gasteiger partial charge is 0.480 e. The van der Waals surface area contributed by atoms with Gasteiger partial charge in [-0.1, -0.05) is 11.3 Å². The summed E-state index contributed by atoms with van der Waals surface area (Å²) in [7, 11) is 5.58. The molecule has 5 nitrogen and oxygen atoms in total. The molecular formula is C10H14N4OS2. The normalized spacial score (nSPS) is 10.3. The van der Waals surface area contributed by atoms with Crippen LogP contribution >= 0.6 is 22.7 Å². The van der Waals surface area contributed by atoms with Crippen molar-refractivity contribution in [3.8, 4) is 5.88 Å². The third kappa shape index (κ3) is 2.86. The Kier molecular flexibility index (Phi) is 3.80. The molecule has 0 spiro atoms. The van der Waals surface area contributed by atoms with Gasteiger partial charge in [-0.25, -0.2) is 4.98 Å². The van der Waals surface area contributed by atoms with Crippen molar-refractivity contribution in [1.29, 1.82) is 0 Å². The van der Waals surface area contributed by atoms with Gasteiger partial charge in [0.2, 0.25) is 5.88 Å². The summed E-state index contributed by atoms with van der Waals surface area (Å²) in [5.41, 5.74) is 0. The first-order chi connectivity index (χ1) is 8.20. The van der Waals surface area contributed by atoms with Crippen LogP contribution in [-0.2, 0) is 6.54 Å². The van der Waals surface area contributed by atoms with Gasteiger partial charge < -0.3 is 15.0 Å². The van der Waals surface area contributed by atoms with Crippen LogP contribution in [0.25, 0.3) is 0 Å². The van der Waals surface area contributed by atoms with Crippen LogP contribution in [0.1, 0.15) is 4.88 Å². The Labute approximate surface area is 108 Å². The Morgan fingerprint density at radius 1 is 1.47 bits per heavy atom. The zero-order chi connectivity index (χ0) is 12.3. The lowest BCUT2D eigenvalue weighted by molar-refractivity contribution is 0.397. The van der Waals surface area contributed by atoms with Crippen molar-refractivity contribution in [2.45, 2.75) is 6.54 Å². The molecule has 0 amide bonds. The molecule has 0 fully saturated rings. The van der Waals surface area contributed by atoms with E-state index in [0.29, 0.717) is 12.4 Å². The summed E-state index contributed by atoms with van der Waals surface area (Å²) in [5.74, 6) is 0.683. The Hall–Kier alpha value is -1.34. The molecule has 0 aromatic carbocycles. The number of hydrogen-bond donors (Lipinski definition) is 1. The van der Waals surface area contributed by atoms with Gasteiger partial charge in [-0.2, -0.15) is 4.98 Å². The van der Waals surface area contributed by atoms with E-state index in [0.717, 1.165) is 15.1 Å². The number of nitrogens with one attached hydrogen (secondary N) is 1. The van der Waals surface area contributed by atoms with Gasteiger partial charge >= 0.3 is 0 Å². The van der Waals surface area contributed by atoms with Crippen LogP contribution in [0, 0.1) is 0 Å². The van der Waals surface area contributed by atoms with E-state index >= 15 is 0 Å². The summed E-state index contributed by atoms with van der Waals surface area (Å²) in [5, 5.41) is 7.04. The van der Waals surface area contributed by atoms with Gasteiger partial charge in [-0.15, -0.1) is 11.3 Å². The molecule has 0 aliphatic carbocycles. The zero-order valence-corrected chi connectivity index (χ0v) is 11.6. The van der Waals surface area contributed by atoms with Crippen molar-refractivity contribution in [2.75, 3.05) is 31.4 Å². The van der Waals surface area contributed by atoms with Gasteiger partial charge in [-0.3, -0.25) is 0 Å². The minimum Gasteiger partial charge on any atom is -0.480 e. The van der Waals surface area contributed by atoms with Crippen LogP contribution in [0.3, 0.4) is 0 Å². The first kappa shape index (κ1) is 12.1. The third-order valence-corrected chi connectivity index (χ3v) is 3.99. The number of hydrogen-bond acceptors (Lipinski definition) is 7. The van der Waals surface area contributed by atoms with E-state index in [4.69, 9.17) is 4.74 Å². The maximum atomic E-state index is 5.26. The van der Waals surface area contributed by atoms with Crippen LogP contribution in [0.2, 0.25) is 0 Å². The number of anilines is 2. The monoisotopic (exact) mass is 270 g/mol. The molecule has 2 heterocycles. The summed E-state index contributed by atoms with van der Waals surface area (Å²) in [6.07, 6.45) is 1.78. The van der Waals surface area contributed by atoms with Gasteiger partial charge in [0.25, 0.3) is 0 Å². The Morgan fingerprint density at radius 2 is 2.29 bits per heavy atom. The van der Waals surface area contributed by atoms with Crippen molar-refractivity contribution in [1.82, 2.24) is 9.97 Å². The smallest absolute Gasteiger partial charge is 0.231 e. The van der Waals surface area contributed by atoms with E-state index in [1.807, 2.05) is 24.4 Å². The lowest BCUT2D eigenvalue weighted by Gasteiger charge is -2.04. The average molecular weight is 270 g/mol. The molecule has 2 aromatic rings. The Balaban J connectivity index is 2.09. The molecule has 0 atom stereocenters. The summed E-state index contributed by atoms with van der Waals surface area (Å²) in [4.78, 5) is 11.6. The second kappa shape index (κ2) is 5.33. The fourth-order valence-electron chi connectivity index (χ4n) is 1.25. The molecule has 92 valence electrons. The van der Waals surface area contributed by atoms with Gasteiger partial charge in [0.15, 0.2) is 10.3 Å². The standard InChI is InChI=1S/C10H14N4OS2/c1-14(2)10-13-8(15-3)7(17-10)6-12-9-11-4-5-16-9/h4-5H,6H2,1-3H3,(H,11,12). The van der Waals surface area contributed by atoms with E-state index in [-0.39, 0.29) is 0 Å². The molecule has 0 aliphatic heterocycles. The molecule has 0 unspecified atom stereocenters. The second-order valence-electron chi connectivity index (χ2n) is 3.51. The van der Waals surface area contributed by atoms with Crippen molar-refractivity contribution < 1.29 is 4.74 Å². The highest BCUT2D eigenvalue weighted by molar-refractivity contribution is 7.16. The van der Waals surface area contributed by atoms with Crippen molar-refractivity contribution in [2.24, 2.45) is 0 Å². The second-order valence-corrected chi connectivity index (χ2v) is 5.47. The summed E-state index contributed by atoms with van der Waals surface area (Å²) < 4.78 is 5.26. The van der Waals surface area contributed by atoms with Crippen LogP contribution in [0.5, 0.6) is 5.88 Å². The quantitative estimate of drug-likeness (QED) is 0.903.